The minimum atomic E-state index is -0.429. The van der Waals surface area contributed by atoms with E-state index in [1.165, 1.54) is 5.56 Å². The standard InChI is InChI=1S/C25H33N3O3/c1-6-20(26-18-11-9-17(10-12-18)13-14-28(7-2)8-3)24-19-15-22(30-4)23(31-5)16-21(19)27-25(24)29/h9-12,15-16,24H,6-8,13-14H2,1-5H3,(H,27,29). The summed E-state index contributed by atoms with van der Waals surface area (Å²) in [6.07, 6.45) is 1.70. The number of likely N-dealkylation sites (N-methyl/N-ethyl adjacent to an activating group) is 1. The molecule has 1 aliphatic heterocycles. The fourth-order valence-electron chi connectivity index (χ4n) is 4.00. The lowest BCUT2D eigenvalue weighted by Crippen LogP contribution is -2.25. The van der Waals surface area contributed by atoms with E-state index < -0.39 is 5.92 Å². The van der Waals surface area contributed by atoms with E-state index in [0.717, 1.165) is 48.7 Å². The van der Waals surface area contributed by atoms with Crippen LogP contribution in [0.25, 0.3) is 0 Å². The Labute approximate surface area is 185 Å². The first kappa shape index (κ1) is 22.8. The molecule has 166 valence electrons. The van der Waals surface area contributed by atoms with Gasteiger partial charge in [0.1, 0.15) is 5.92 Å². The maximum atomic E-state index is 12.8. The Hall–Kier alpha value is -2.86. The molecule has 1 heterocycles. The molecule has 2 aromatic carbocycles. The van der Waals surface area contributed by atoms with Gasteiger partial charge in [0.15, 0.2) is 11.5 Å². The van der Waals surface area contributed by atoms with E-state index in [-0.39, 0.29) is 5.91 Å². The molecule has 1 amide bonds. The van der Waals surface area contributed by atoms with Crippen LogP contribution in [-0.4, -0.2) is 50.4 Å². The summed E-state index contributed by atoms with van der Waals surface area (Å²) in [7, 11) is 3.18. The summed E-state index contributed by atoms with van der Waals surface area (Å²) < 4.78 is 10.8. The molecule has 0 saturated carbocycles. The van der Waals surface area contributed by atoms with Gasteiger partial charge in [-0.15, -0.1) is 0 Å². The van der Waals surface area contributed by atoms with Crippen LogP contribution in [0.2, 0.25) is 0 Å². The summed E-state index contributed by atoms with van der Waals surface area (Å²) in [5.74, 6) is 0.706. The largest absolute Gasteiger partial charge is 0.493 e. The van der Waals surface area contributed by atoms with Crippen molar-refractivity contribution in [3.8, 4) is 11.5 Å². The average Bonchev–Trinajstić information content (AvgIpc) is 3.12. The zero-order valence-corrected chi connectivity index (χ0v) is 19.2. The van der Waals surface area contributed by atoms with Gasteiger partial charge in [-0.1, -0.05) is 32.9 Å². The number of nitrogens with zero attached hydrogens (tertiary/aromatic N) is 2. The molecule has 0 radical (unpaired) electrons. The molecular formula is C25H33N3O3. The fraction of sp³-hybridized carbons (Fsp3) is 0.440. The van der Waals surface area contributed by atoms with Crippen molar-refractivity contribution in [2.75, 3.05) is 39.2 Å². The van der Waals surface area contributed by atoms with Gasteiger partial charge in [-0.25, -0.2) is 0 Å². The van der Waals surface area contributed by atoms with Crippen molar-refractivity contribution in [1.29, 1.82) is 0 Å². The van der Waals surface area contributed by atoms with Crippen LogP contribution in [0.5, 0.6) is 11.5 Å². The lowest BCUT2D eigenvalue weighted by molar-refractivity contribution is -0.115. The second-order valence-electron chi connectivity index (χ2n) is 7.62. The van der Waals surface area contributed by atoms with Crippen molar-refractivity contribution in [2.24, 2.45) is 4.99 Å². The van der Waals surface area contributed by atoms with Crippen LogP contribution in [0.15, 0.2) is 41.4 Å². The second-order valence-corrected chi connectivity index (χ2v) is 7.62. The molecule has 0 spiro atoms. The van der Waals surface area contributed by atoms with Crippen molar-refractivity contribution < 1.29 is 14.3 Å². The molecule has 0 fully saturated rings. The van der Waals surface area contributed by atoms with Gasteiger partial charge < -0.3 is 19.7 Å². The number of nitrogens with one attached hydrogen (secondary N) is 1. The van der Waals surface area contributed by atoms with Crippen molar-refractivity contribution >= 4 is 23.0 Å². The molecule has 1 aliphatic rings. The van der Waals surface area contributed by atoms with Crippen molar-refractivity contribution in [1.82, 2.24) is 4.90 Å². The predicted molar refractivity (Wildman–Crippen MR) is 126 cm³/mol. The average molecular weight is 424 g/mol. The smallest absolute Gasteiger partial charge is 0.237 e. The van der Waals surface area contributed by atoms with Crippen molar-refractivity contribution in [2.45, 2.75) is 39.5 Å². The van der Waals surface area contributed by atoms with Gasteiger partial charge in [-0.3, -0.25) is 9.79 Å². The third-order valence-corrected chi connectivity index (χ3v) is 5.90. The van der Waals surface area contributed by atoms with Crippen LogP contribution >= 0.6 is 0 Å². The molecular weight excluding hydrogens is 390 g/mol. The molecule has 0 bridgehead atoms. The molecule has 2 aromatic rings. The minimum absolute atomic E-state index is 0.0678. The summed E-state index contributed by atoms with van der Waals surface area (Å²) in [5, 5.41) is 2.96. The van der Waals surface area contributed by atoms with Crippen LogP contribution < -0.4 is 14.8 Å². The molecule has 1 atom stereocenters. The summed E-state index contributed by atoms with van der Waals surface area (Å²) in [5.41, 5.74) is 4.62. The van der Waals surface area contributed by atoms with Crippen LogP contribution in [0.1, 0.15) is 44.2 Å². The van der Waals surface area contributed by atoms with Crippen LogP contribution in [0.3, 0.4) is 0 Å². The maximum absolute atomic E-state index is 12.8. The Bertz CT molecular complexity index is 934. The molecule has 0 aliphatic carbocycles. The Morgan fingerprint density at radius 3 is 2.26 bits per heavy atom. The first-order valence-corrected chi connectivity index (χ1v) is 11.0. The zero-order chi connectivity index (χ0) is 22.4. The van der Waals surface area contributed by atoms with E-state index in [4.69, 9.17) is 14.5 Å². The Kier molecular flexibility index (Phi) is 7.69. The minimum Gasteiger partial charge on any atom is -0.493 e. The third-order valence-electron chi connectivity index (χ3n) is 5.90. The number of amides is 1. The summed E-state index contributed by atoms with van der Waals surface area (Å²) in [4.78, 5) is 20.1. The topological polar surface area (TPSA) is 63.2 Å². The van der Waals surface area contributed by atoms with Crippen LogP contribution in [0, 0.1) is 0 Å². The highest BCUT2D eigenvalue weighted by Gasteiger charge is 2.35. The van der Waals surface area contributed by atoms with Gasteiger partial charge in [0.05, 0.1) is 19.9 Å². The van der Waals surface area contributed by atoms with Gasteiger partial charge >= 0.3 is 0 Å². The summed E-state index contributed by atoms with van der Waals surface area (Å²) in [6.45, 7) is 9.61. The van der Waals surface area contributed by atoms with E-state index in [2.05, 4.69) is 36.2 Å². The summed E-state index contributed by atoms with van der Waals surface area (Å²) in [6, 6.07) is 12.0. The molecule has 1 unspecified atom stereocenters. The SMILES string of the molecule is CCC(=Nc1ccc(CCN(CC)CC)cc1)C1C(=O)Nc2cc(OC)c(OC)cc21. The zero-order valence-electron chi connectivity index (χ0n) is 19.2. The van der Waals surface area contributed by atoms with Gasteiger partial charge in [-0.2, -0.15) is 0 Å². The summed E-state index contributed by atoms with van der Waals surface area (Å²) >= 11 is 0. The quantitative estimate of drug-likeness (QED) is 0.557. The Morgan fingerprint density at radius 1 is 1.03 bits per heavy atom. The van der Waals surface area contributed by atoms with Crippen molar-refractivity contribution in [3.63, 3.8) is 0 Å². The second kappa shape index (κ2) is 10.4. The number of hydrogen-bond acceptors (Lipinski definition) is 5. The van der Waals surface area contributed by atoms with Gasteiger partial charge in [-0.05, 0) is 55.3 Å². The molecule has 6 nitrogen and oxygen atoms in total. The molecule has 0 saturated heterocycles. The van der Waals surface area contributed by atoms with Gasteiger partial charge in [0.2, 0.25) is 5.91 Å². The van der Waals surface area contributed by atoms with Gasteiger partial charge in [0, 0.05) is 24.0 Å². The highest BCUT2D eigenvalue weighted by atomic mass is 16.5. The van der Waals surface area contributed by atoms with E-state index >= 15 is 0 Å². The number of anilines is 1. The molecule has 1 N–H and O–H groups in total. The number of fused-ring (bicyclic) bond motifs is 1. The van der Waals surface area contributed by atoms with Gasteiger partial charge in [0.25, 0.3) is 0 Å². The highest BCUT2D eigenvalue weighted by Crippen LogP contribution is 2.42. The lowest BCUT2D eigenvalue weighted by atomic mass is 9.93. The Morgan fingerprint density at radius 2 is 1.68 bits per heavy atom. The van der Waals surface area contributed by atoms with Crippen LogP contribution in [0.4, 0.5) is 11.4 Å². The van der Waals surface area contributed by atoms with E-state index in [1.54, 1.807) is 14.2 Å². The molecule has 3 rings (SSSR count). The maximum Gasteiger partial charge on any atom is 0.237 e. The number of rotatable bonds is 10. The number of ether oxygens (including phenoxy) is 2. The number of carbonyl (C=O) groups excluding carboxylic acids is 1. The highest BCUT2D eigenvalue weighted by molar-refractivity contribution is 6.19. The lowest BCUT2D eigenvalue weighted by Gasteiger charge is -2.17. The molecule has 0 aromatic heterocycles. The number of carbonyl (C=O) groups is 1. The predicted octanol–water partition coefficient (Wildman–Crippen LogP) is 4.81. The van der Waals surface area contributed by atoms with E-state index in [9.17, 15) is 4.79 Å². The Balaban J connectivity index is 1.83. The number of hydrogen-bond donors (Lipinski definition) is 1. The first-order chi connectivity index (χ1) is 15.0. The fourth-order valence-corrected chi connectivity index (χ4v) is 4.00. The van der Waals surface area contributed by atoms with E-state index in [0.29, 0.717) is 17.9 Å². The first-order valence-electron chi connectivity index (χ1n) is 11.0. The molecule has 31 heavy (non-hydrogen) atoms. The number of aliphatic imine (C=N–C) groups is 1. The number of methoxy groups -OCH3 is 2. The molecule has 6 heteroatoms. The normalized spacial score (nSPS) is 15.7. The third kappa shape index (κ3) is 5.07. The van der Waals surface area contributed by atoms with Crippen LogP contribution in [-0.2, 0) is 11.2 Å². The van der Waals surface area contributed by atoms with Crippen molar-refractivity contribution in [3.05, 3.63) is 47.5 Å². The number of benzene rings is 2. The van der Waals surface area contributed by atoms with E-state index in [1.807, 2.05) is 31.2 Å². The monoisotopic (exact) mass is 423 g/mol.